The predicted molar refractivity (Wildman–Crippen MR) is 90.1 cm³/mol. The van der Waals surface area contributed by atoms with Gasteiger partial charge in [-0.2, -0.15) is 0 Å². The second-order valence-electron chi connectivity index (χ2n) is 4.72. The fraction of sp³-hybridized carbons (Fsp3) is 0.294. The Labute approximate surface area is 140 Å². The highest BCUT2D eigenvalue weighted by atomic mass is 16.2. The Balaban J connectivity index is 2.93. The van der Waals surface area contributed by atoms with Crippen LogP contribution in [0.25, 0.3) is 6.08 Å². The predicted octanol–water partition coefficient (Wildman–Crippen LogP) is 1.90. The quantitative estimate of drug-likeness (QED) is 0.637. The summed E-state index contributed by atoms with van der Waals surface area (Å²) < 4.78 is 0. The van der Waals surface area contributed by atoms with E-state index >= 15 is 0 Å². The molecule has 0 unspecified atom stereocenters. The Morgan fingerprint density at radius 1 is 1.08 bits per heavy atom. The first-order valence-electron chi connectivity index (χ1n) is 7.62. The molecule has 1 aromatic rings. The van der Waals surface area contributed by atoms with Gasteiger partial charge in [0, 0.05) is 19.2 Å². The molecule has 7 heteroatoms. The molecule has 0 spiro atoms. The Morgan fingerprint density at radius 2 is 1.75 bits per heavy atom. The van der Waals surface area contributed by atoms with Crippen LogP contribution in [0.15, 0.2) is 36.4 Å². The van der Waals surface area contributed by atoms with E-state index in [4.69, 9.17) is 0 Å². The minimum atomic E-state index is -0.835. The van der Waals surface area contributed by atoms with Gasteiger partial charge in [-0.3, -0.25) is 9.69 Å². The van der Waals surface area contributed by atoms with E-state index in [0.29, 0.717) is 12.8 Å². The number of rotatable bonds is 6. The summed E-state index contributed by atoms with van der Waals surface area (Å²) in [6, 6.07) is 7.61. The normalized spacial score (nSPS) is 10.2. The van der Waals surface area contributed by atoms with Gasteiger partial charge >= 0.3 is 12.1 Å². The number of hydrogen-bond donors (Lipinski definition) is 1. The third kappa shape index (κ3) is 5.35. The lowest BCUT2D eigenvalue weighted by molar-refractivity contribution is -0.125. The minimum Gasteiger partial charge on any atom is -0.338 e. The number of benzene rings is 1. The van der Waals surface area contributed by atoms with E-state index < -0.39 is 24.5 Å². The van der Waals surface area contributed by atoms with Crippen molar-refractivity contribution in [1.29, 1.82) is 0 Å². The molecule has 24 heavy (non-hydrogen) atoms. The maximum absolute atomic E-state index is 12.4. The maximum atomic E-state index is 12.4. The van der Waals surface area contributed by atoms with Crippen molar-refractivity contribution in [3.05, 3.63) is 42.0 Å². The number of amides is 5. The lowest BCUT2D eigenvalue weighted by atomic mass is 10.2. The van der Waals surface area contributed by atoms with E-state index in [1.165, 1.54) is 12.2 Å². The Bertz CT molecular complexity index is 614. The molecule has 1 N–H and O–H groups in total. The van der Waals surface area contributed by atoms with Crippen molar-refractivity contribution in [3.8, 4) is 0 Å². The third-order valence-corrected chi connectivity index (χ3v) is 3.09. The molecule has 0 heterocycles. The summed E-state index contributed by atoms with van der Waals surface area (Å²) in [5.74, 6) is -0.668. The first-order chi connectivity index (χ1) is 11.5. The number of carbonyl (C=O) groups excluding carboxylic acids is 4. The molecule has 0 aromatic heterocycles. The molecular weight excluding hydrogens is 310 g/mol. The number of carbonyl (C=O) groups is 4. The van der Waals surface area contributed by atoms with E-state index in [-0.39, 0.29) is 6.54 Å². The number of urea groups is 2. The molecular formula is C17H21N3O4. The van der Waals surface area contributed by atoms with E-state index in [1.54, 1.807) is 26.0 Å². The monoisotopic (exact) mass is 331 g/mol. The smallest absolute Gasteiger partial charge is 0.335 e. The zero-order chi connectivity index (χ0) is 17.9. The van der Waals surface area contributed by atoms with Crippen LogP contribution in [0.4, 0.5) is 9.59 Å². The summed E-state index contributed by atoms with van der Waals surface area (Å²) in [7, 11) is 0. The first-order valence-corrected chi connectivity index (χ1v) is 7.62. The molecule has 1 aromatic carbocycles. The zero-order valence-electron chi connectivity index (χ0n) is 13.8. The van der Waals surface area contributed by atoms with Crippen LogP contribution in [0.5, 0.6) is 0 Å². The van der Waals surface area contributed by atoms with Crippen LogP contribution in [-0.2, 0) is 9.59 Å². The van der Waals surface area contributed by atoms with Crippen LogP contribution >= 0.6 is 0 Å². The number of nitrogens with one attached hydrogen (secondary N) is 1. The van der Waals surface area contributed by atoms with Crippen LogP contribution in [-0.4, -0.2) is 53.7 Å². The molecule has 128 valence electrons. The second-order valence-corrected chi connectivity index (χ2v) is 4.72. The van der Waals surface area contributed by atoms with E-state index in [9.17, 15) is 19.2 Å². The van der Waals surface area contributed by atoms with Gasteiger partial charge in [-0.05, 0) is 25.5 Å². The maximum Gasteiger partial charge on any atom is 0.335 e. The van der Waals surface area contributed by atoms with Gasteiger partial charge in [-0.1, -0.05) is 30.3 Å². The standard InChI is InChI=1S/C17H21N3O4/c1-3-18-16(23)19(4-2)17(24)20(12-13-21)15(22)11-10-14-8-6-5-7-9-14/h5-11,13H,3-4,12H2,1-2H3,(H,18,23). The summed E-state index contributed by atoms with van der Waals surface area (Å²) >= 11 is 0. The Morgan fingerprint density at radius 3 is 2.29 bits per heavy atom. The SMILES string of the molecule is CCNC(=O)N(CC)C(=O)N(CC=O)C(=O)C=Cc1ccccc1. The van der Waals surface area contributed by atoms with E-state index in [1.807, 2.05) is 18.2 Å². The van der Waals surface area contributed by atoms with Crippen LogP contribution < -0.4 is 5.32 Å². The van der Waals surface area contributed by atoms with Gasteiger partial charge in [-0.25, -0.2) is 14.5 Å². The molecule has 5 amide bonds. The summed E-state index contributed by atoms with van der Waals surface area (Å²) in [6.45, 7) is 3.32. The average molecular weight is 331 g/mol. The average Bonchev–Trinajstić information content (AvgIpc) is 2.59. The van der Waals surface area contributed by atoms with E-state index in [2.05, 4.69) is 5.32 Å². The van der Waals surface area contributed by atoms with Crippen LogP contribution in [0.2, 0.25) is 0 Å². The van der Waals surface area contributed by atoms with Crippen molar-refractivity contribution in [2.24, 2.45) is 0 Å². The molecule has 0 saturated heterocycles. The van der Waals surface area contributed by atoms with Crippen molar-refractivity contribution in [1.82, 2.24) is 15.1 Å². The van der Waals surface area contributed by atoms with Gasteiger partial charge in [0.1, 0.15) is 6.29 Å². The minimum absolute atomic E-state index is 0.0791. The number of nitrogens with zero attached hydrogens (tertiary/aromatic N) is 2. The Hall–Kier alpha value is -2.96. The van der Waals surface area contributed by atoms with Gasteiger partial charge in [-0.15, -0.1) is 0 Å². The van der Waals surface area contributed by atoms with Gasteiger partial charge in [0.15, 0.2) is 0 Å². The fourth-order valence-corrected chi connectivity index (χ4v) is 1.92. The van der Waals surface area contributed by atoms with Crippen LogP contribution in [0.1, 0.15) is 19.4 Å². The van der Waals surface area contributed by atoms with Crippen molar-refractivity contribution in [2.75, 3.05) is 19.6 Å². The fourth-order valence-electron chi connectivity index (χ4n) is 1.92. The van der Waals surface area contributed by atoms with E-state index in [0.717, 1.165) is 15.4 Å². The highest BCUT2D eigenvalue weighted by molar-refractivity contribution is 6.07. The van der Waals surface area contributed by atoms with Crippen molar-refractivity contribution >= 4 is 30.3 Å². The molecule has 0 fully saturated rings. The van der Waals surface area contributed by atoms with Crippen molar-refractivity contribution in [3.63, 3.8) is 0 Å². The second kappa shape index (κ2) is 9.94. The number of imide groups is 2. The number of hydrogen-bond acceptors (Lipinski definition) is 4. The van der Waals surface area contributed by atoms with Crippen molar-refractivity contribution < 1.29 is 19.2 Å². The highest BCUT2D eigenvalue weighted by Gasteiger charge is 2.28. The van der Waals surface area contributed by atoms with Gasteiger partial charge < -0.3 is 10.1 Å². The molecule has 0 bridgehead atoms. The first kappa shape index (κ1) is 19.1. The number of aldehydes is 1. The van der Waals surface area contributed by atoms with Crippen LogP contribution in [0, 0.1) is 0 Å². The van der Waals surface area contributed by atoms with Crippen LogP contribution in [0.3, 0.4) is 0 Å². The largest absolute Gasteiger partial charge is 0.338 e. The zero-order valence-corrected chi connectivity index (χ0v) is 13.8. The summed E-state index contributed by atoms with van der Waals surface area (Å²) in [5, 5.41) is 2.49. The van der Waals surface area contributed by atoms with Gasteiger partial charge in [0.05, 0.1) is 6.54 Å². The Kier molecular flexibility index (Phi) is 7.90. The summed E-state index contributed by atoms with van der Waals surface area (Å²) in [6.07, 6.45) is 3.18. The molecule has 0 aliphatic carbocycles. The highest BCUT2D eigenvalue weighted by Crippen LogP contribution is 2.05. The summed E-state index contributed by atoms with van der Waals surface area (Å²) in [5.41, 5.74) is 0.778. The lowest BCUT2D eigenvalue weighted by Gasteiger charge is -2.25. The lowest BCUT2D eigenvalue weighted by Crippen LogP contribution is -2.51. The molecule has 0 aliphatic rings. The third-order valence-electron chi connectivity index (χ3n) is 3.09. The molecule has 0 atom stereocenters. The molecule has 0 saturated carbocycles. The molecule has 1 rings (SSSR count). The topological polar surface area (TPSA) is 86.8 Å². The van der Waals surface area contributed by atoms with Gasteiger partial charge in [0.2, 0.25) is 0 Å². The van der Waals surface area contributed by atoms with Gasteiger partial charge in [0.25, 0.3) is 5.91 Å². The molecule has 0 radical (unpaired) electrons. The van der Waals surface area contributed by atoms with Crippen molar-refractivity contribution in [2.45, 2.75) is 13.8 Å². The molecule has 0 aliphatic heterocycles. The summed E-state index contributed by atoms with van der Waals surface area (Å²) in [4.78, 5) is 49.0. The molecule has 7 nitrogen and oxygen atoms in total.